The number of aryl methyl sites for hydroxylation is 1. The molecular weight excluding hydrogens is 310 g/mol. The van der Waals surface area contributed by atoms with E-state index in [0.29, 0.717) is 12.5 Å². The number of carbonyl (C=O) groups excluding carboxylic acids is 1. The number of amides is 1. The van der Waals surface area contributed by atoms with Crippen LogP contribution in [-0.2, 0) is 17.6 Å². The van der Waals surface area contributed by atoms with Crippen LogP contribution in [0.15, 0.2) is 48.5 Å². The van der Waals surface area contributed by atoms with Gasteiger partial charge in [0, 0.05) is 6.54 Å². The standard InChI is InChI=1S/C22H29NO2/c1-5-19-8-6-7-9-21(19)25-17(4)22(24)23-15-14-18-10-12-20(13-11-18)16(2)3/h6-13,16-17H,5,14-15H2,1-4H3,(H,23,24)/t17-/m1/s1. The zero-order chi connectivity index (χ0) is 18.2. The van der Waals surface area contributed by atoms with Crippen molar-refractivity contribution < 1.29 is 9.53 Å². The molecule has 25 heavy (non-hydrogen) atoms. The Hall–Kier alpha value is -2.29. The van der Waals surface area contributed by atoms with Gasteiger partial charge in [0.25, 0.3) is 5.91 Å². The lowest BCUT2D eigenvalue weighted by Gasteiger charge is -2.17. The molecule has 1 N–H and O–H groups in total. The predicted octanol–water partition coefficient (Wildman–Crippen LogP) is 4.50. The molecule has 0 aliphatic carbocycles. The molecule has 0 radical (unpaired) electrons. The second kappa shape index (κ2) is 9.26. The summed E-state index contributed by atoms with van der Waals surface area (Å²) in [5.74, 6) is 1.25. The van der Waals surface area contributed by atoms with Gasteiger partial charge in [-0.15, -0.1) is 0 Å². The lowest BCUT2D eigenvalue weighted by Crippen LogP contribution is -2.37. The smallest absolute Gasteiger partial charge is 0.260 e. The minimum Gasteiger partial charge on any atom is -0.481 e. The first-order chi connectivity index (χ1) is 12.0. The lowest BCUT2D eigenvalue weighted by molar-refractivity contribution is -0.127. The molecule has 1 amide bonds. The number of ether oxygens (including phenoxy) is 1. The fourth-order valence-corrected chi connectivity index (χ4v) is 2.70. The van der Waals surface area contributed by atoms with Gasteiger partial charge in [0.1, 0.15) is 5.75 Å². The highest BCUT2D eigenvalue weighted by Gasteiger charge is 2.15. The highest BCUT2D eigenvalue weighted by molar-refractivity contribution is 5.80. The van der Waals surface area contributed by atoms with E-state index < -0.39 is 6.10 Å². The Morgan fingerprint density at radius 2 is 1.72 bits per heavy atom. The zero-order valence-electron chi connectivity index (χ0n) is 15.7. The molecule has 0 heterocycles. The molecule has 0 spiro atoms. The summed E-state index contributed by atoms with van der Waals surface area (Å²) in [7, 11) is 0. The van der Waals surface area contributed by atoms with Gasteiger partial charge in [-0.25, -0.2) is 0 Å². The van der Waals surface area contributed by atoms with E-state index in [1.165, 1.54) is 11.1 Å². The quantitative estimate of drug-likeness (QED) is 0.769. The molecule has 134 valence electrons. The van der Waals surface area contributed by atoms with Crippen LogP contribution in [-0.4, -0.2) is 18.6 Å². The summed E-state index contributed by atoms with van der Waals surface area (Å²) in [6.07, 6.45) is 1.20. The highest BCUT2D eigenvalue weighted by Crippen LogP contribution is 2.19. The van der Waals surface area contributed by atoms with Gasteiger partial charge >= 0.3 is 0 Å². The first-order valence-electron chi connectivity index (χ1n) is 9.12. The molecule has 0 saturated carbocycles. The van der Waals surface area contributed by atoms with E-state index in [-0.39, 0.29) is 5.91 Å². The summed E-state index contributed by atoms with van der Waals surface area (Å²) in [5.41, 5.74) is 3.69. The summed E-state index contributed by atoms with van der Waals surface area (Å²) in [5, 5.41) is 2.96. The molecule has 0 bridgehead atoms. The van der Waals surface area contributed by atoms with Crippen molar-refractivity contribution in [3.63, 3.8) is 0 Å². The Morgan fingerprint density at radius 1 is 1.04 bits per heavy atom. The van der Waals surface area contributed by atoms with Gasteiger partial charge in [-0.3, -0.25) is 4.79 Å². The Morgan fingerprint density at radius 3 is 2.36 bits per heavy atom. The molecule has 0 aliphatic heterocycles. The number of carbonyl (C=O) groups is 1. The average molecular weight is 339 g/mol. The van der Waals surface area contributed by atoms with Crippen LogP contribution in [0.3, 0.4) is 0 Å². The molecule has 0 aliphatic rings. The summed E-state index contributed by atoms with van der Waals surface area (Å²) in [6.45, 7) is 8.86. The summed E-state index contributed by atoms with van der Waals surface area (Å²) >= 11 is 0. The third-order valence-corrected chi connectivity index (χ3v) is 4.39. The Labute approximate surface area is 151 Å². The van der Waals surface area contributed by atoms with Crippen LogP contribution in [0, 0.1) is 0 Å². The molecule has 0 saturated heterocycles. The normalized spacial score (nSPS) is 12.0. The van der Waals surface area contributed by atoms with Crippen molar-refractivity contribution in [3.05, 3.63) is 65.2 Å². The Kier molecular flexibility index (Phi) is 7.05. The van der Waals surface area contributed by atoms with E-state index in [0.717, 1.165) is 24.2 Å². The Bertz CT molecular complexity index is 677. The van der Waals surface area contributed by atoms with Gasteiger partial charge < -0.3 is 10.1 Å². The number of para-hydroxylation sites is 1. The van der Waals surface area contributed by atoms with Crippen molar-refractivity contribution in [1.82, 2.24) is 5.32 Å². The molecule has 3 heteroatoms. The molecule has 0 aromatic heterocycles. The first-order valence-corrected chi connectivity index (χ1v) is 9.12. The summed E-state index contributed by atoms with van der Waals surface area (Å²) in [4.78, 5) is 12.2. The van der Waals surface area contributed by atoms with Crippen LogP contribution in [0.2, 0.25) is 0 Å². The van der Waals surface area contributed by atoms with Crippen molar-refractivity contribution >= 4 is 5.91 Å². The van der Waals surface area contributed by atoms with E-state index in [4.69, 9.17) is 4.74 Å². The number of hydrogen-bond acceptors (Lipinski definition) is 2. The summed E-state index contributed by atoms with van der Waals surface area (Å²) < 4.78 is 5.83. The maximum Gasteiger partial charge on any atom is 0.260 e. The van der Waals surface area contributed by atoms with Crippen LogP contribution >= 0.6 is 0 Å². The molecular formula is C22H29NO2. The van der Waals surface area contributed by atoms with Gasteiger partial charge in [0.15, 0.2) is 6.10 Å². The second-order valence-corrected chi connectivity index (χ2v) is 6.66. The van der Waals surface area contributed by atoms with Crippen molar-refractivity contribution in [1.29, 1.82) is 0 Å². The molecule has 2 rings (SSSR count). The molecule has 2 aromatic rings. The maximum atomic E-state index is 12.2. The van der Waals surface area contributed by atoms with Gasteiger partial charge in [-0.1, -0.05) is 63.2 Å². The maximum absolute atomic E-state index is 12.2. The van der Waals surface area contributed by atoms with Crippen molar-refractivity contribution in [2.75, 3.05) is 6.54 Å². The van der Waals surface area contributed by atoms with Crippen molar-refractivity contribution in [3.8, 4) is 5.75 Å². The van der Waals surface area contributed by atoms with Crippen LogP contribution in [0.4, 0.5) is 0 Å². The third-order valence-electron chi connectivity index (χ3n) is 4.39. The van der Waals surface area contributed by atoms with Gasteiger partial charge in [-0.05, 0) is 48.4 Å². The van der Waals surface area contributed by atoms with Gasteiger partial charge in [0.05, 0.1) is 0 Å². The first kappa shape index (κ1) is 19.0. The number of rotatable bonds is 8. The van der Waals surface area contributed by atoms with Gasteiger partial charge in [0.2, 0.25) is 0 Å². The Balaban J connectivity index is 1.81. The topological polar surface area (TPSA) is 38.3 Å². The van der Waals surface area contributed by atoms with E-state index >= 15 is 0 Å². The van der Waals surface area contributed by atoms with Crippen LogP contribution in [0.1, 0.15) is 50.3 Å². The van der Waals surface area contributed by atoms with Crippen LogP contribution < -0.4 is 10.1 Å². The average Bonchev–Trinajstić information content (AvgIpc) is 2.62. The largest absolute Gasteiger partial charge is 0.481 e. The van der Waals surface area contributed by atoms with E-state index in [1.54, 1.807) is 6.92 Å². The van der Waals surface area contributed by atoms with Crippen LogP contribution in [0.5, 0.6) is 5.75 Å². The predicted molar refractivity (Wildman–Crippen MR) is 103 cm³/mol. The number of nitrogens with one attached hydrogen (secondary N) is 1. The van der Waals surface area contributed by atoms with Crippen LogP contribution in [0.25, 0.3) is 0 Å². The minimum atomic E-state index is -0.504. The fraction of sp³-hybridized carbons (Fsp3) is 0.409. The zero-order valence-corrected chi connectivity index (χ0v) is 15.7. The van der Waals surface area contributed by atoms with Crippen molar-refractivity contribution in [2.45, 2.75) is 52.6 Å². The molecule has 1 atom stereocenters. The van der Waals surface area contributed by atoms with Crippen molar-refractivity contribution in [2.24, 2.45) is 0 Å². The SMILES string of the molecule is CCc1ccccc1O[C@H](C)C(=O)NCCc1ccc(C(C)C)cc1. The highest BCUT2D eigenvalue weighted by atomic mass is 16.5. The molecule has 3 nitrogen and oxygen atoms in total. The molecule has 2 aromatic carbocycles. The third kappa shape index (κ3) is 5.63. The monoisotopic (exact) mass is 339 g/mol. The van der Waals surface area contributed by atoms with Gasteiger partial charge in [-0.2, -0.15) is 0 Å². The van der Waals surface area contributed by atoms with E-state index in [2.05, 4.69) is 50.4 Å². The number of hydrogen-bond donors (Lipinski definition) is 1. The second-order valence-electron chi connectivity index (χ2n) is 6.66. The fourth-order valence-electron chi connectivity index (χ4n) is 2.70. The van der Waals surface area contributed by atoms with E-state index in [9.17, 15) is 4.79 Å². The van der Waals surface area contributed by atoms with E-state index in [1.807, 2.05) is 24.3 Å². The molecule has 0 unspecified atom stereocenters. The summed E-state index contributed by atoms with van der Waals surface area (Å²) in [6, 6.07) is 16.5. The minimum absolute atomic E-state index is 0.0790. The lowest BCUT2D eigenvalue weighted by atomic mass is 10.0. The molecule has 0 fully saturated rings. The number of benzene rings is 2.